The summed E-state index contributed by atoms with van der Waals surface area (Å²) in [7, 11) is 4.04. The Hall–Kier alpha value is -0.450. The van der Waals surface area contributed by atoms with Gasteiger partial charge in [-0.25, -0.2) is 4.98 Å². The molecule has 0 saturated carbocycles. The molecule has 6 nitrogen and oxygen atoms in total. The maximum Gasteiger partial charge on any atom is 0.190 e. The Morgan fingerprint density at radius 2 is 2.04 bits per heavy atom. The molecule has 1 aliphatic heterocycles. The van der Waals surface area contributed by atoms with E-state index in [2.05, 4.69) is 44.4 Å². The quantitative estimate of drug-likeness (QED) is 0.270. The Morgan fingerprint density at radius 3 is 2.76 bits per heavy atom. The average molecular weight is 480 g/mol. The Labute approximate surface area is 173 Å². The van der Waals surface area contributed by atoms with Crippen molar-refractivity contribution < 1.29 is 0 Å². The van der Waals surface area contributed by atoms with Gasteiger partial charge >= 0.3 is 0 Å². The molecule has 1 aromatic heterocycles. The van der Waals surface area contributed by atoms with Gasteiger partial charge in [0.1, 0.15) is 0 Å². The van der Waals surface area contributed by atoms with Crippen molar-refractivity contribution in [3.05, 3.63) is 16.1 Å². The lowest BCUT2D eigenvalue weighted by Crippen LogP contribution is -2.39. The first-order valence-corrected chi connectivity index (χ1v) is 9.76. The van der Waals surface area contributed by atoms with Crippen LogP contribution >= 0.6 is 35.3 Å². The van der Waals surface area contributed by atoms with Crippen molar-refractivity contribution in [1.82, 2.24) is 25.4 Å². The SMILES string of the molecule is CN=C(NCCCN1CCCN(C)CC1)NCCc1ncc(C)s1.I. The number of aryl methyl sites for hydroxylation is 1. The molecule has 0 aromatic carbocycles. The molecule has 0 unspecified atom stereocenters. The summed E-state index contributed by atoms with van der Waals surface area (Å²) in [5.74, 6) is 0.888. The predicted molar refractivity (Wildman–Crippen MR) is 119 cm³/mol. The van der Waals surface area contributed by atoms with Crippen LogP contribution in [0.15, 0.2) is 11.2 Å². The van der Waals surface area contributed by atoms with E-state index in [-0.39, 0.29) is 24.0 Å². The summed E-state index contributed by atoms with van der Waals surface area (Å²) < 4.78 is 0. The second-order valence-corrected chi connectivity index (χ2v) is 7.71. The molecule has 1 aliphatic rings. The standard InChI is InChI=1S/C17H32N6S.HI/c1-15-14-21-16(24-15)6-8-20-17(18-2)19-7-4-10-23-11-5-9-22(3)12-13-23;/h14H,4-13H2,1-3H3,(H2,18,19,20);1H. The van der Waals surface area contributed by atoms with E-state index in [1.807, 2.05) is 13.2 Å². The molecule has 0 amide bonds. The number of thiazole rings is 1. The maximum absolute atomic E-state index is 4.39. The molecule has 144 valence electrons. The fourth-order valence-corrected chi connectivity index (χ4v) is 3.65. The molecular weight excluding hydrogens is 447 g/mol. The zero-order chi connectivity index (χ0) is 17.2. The number of hydrogen-bond acceptors (Lipinski definition) is 5. The van der Waals surface area contributed by atoms with Crippen LogP contribution < -0.4 is 10.6 Å². The van der Waals surface area contributed by atoms with E-state index in [0.717, 1.165) is 38.4 Å². The van der Waals surface area contributed by atoms with Crippen molar-refractivity contribution in [2.45, 2.75) is 26.2 Å². The number of nitrogens with zero attached hydrogens (tertiary/aromatic N) is 4. The minimum Gasteiger partial charge on any atom is -0.356 e. The summed E-state index contributed by atoms with van der Waals surface area (Å²) in [6.45, 7) is 9.92. The molecular formula is C17H33IN6S. The lowest BCUT2D eigenvalue weighted by Gasteiger charge is -2.20. The van der Waals surface area contributed by atoms with E-state index in [1.165, 1.54) is 42.5 Å². The van der Waals surface area contributed by atoms with Crippen molar-refractivity contribution in [1.29, 1.82) is 0 Å². The Bertz CT molecular complexity index is 507. The van der Waals surface area contributed by atoms with E-state index in [9.17, 15) is 0 Å². The van der Waals surface area contributed by atoms with Crippen molar-refractivity contribution in [2.75, 3.05) is 59.9 Å². The highest BCUT2D eigenvalue weighted by Crippen LogP contribution is 2.10. The van der Waals surface area contributed by atoms with Crippen LogP contribution in [-0.4, -0.2) is 80.7 Å². The van der Waals surface area contributed by atoms with E-state index in [1.54, 1.807) is 11.3 Å². The highest BCUT2D eigenvalue weighted by molar-refractivity contribution is 14.0. The van der Waals surface area contributed by atoms with E-state index in [4.69, 9.17) is 0 Å². The molecule has 25 heavy (non-hydrogen) atoms. The lowest BCUT2D eigenvalue weighted by atomic mass is 10.3. The highest BCUT2D eigenvalue weighted by Gasteiger charge is 2.11. The predicted octanol–water partition coefficient (Wildman–Crippen LogP) is 1.80. The molecule has 8 heteroatoms. The molecule has 1 aromatic rings. The first-order chi connectivity index (χ1) is 11.7. The smallest absolute Gasteiger partial charge is 0.190 e. The first kappa shape index (κ1) is 22.6. The molecule has 0 atom stereocenters. The highest BCUT2D eigenvalue weighted by atomic mass is 127. The fourth-order valence-electron chi connectivity index (χ4n) is 2.86. The summed E-state index contributed by atoms with van der Waals surface area (Å²) in [5, 5.41) is 7.96. The van der Waals surface area contributed by atoms with Crippen LogP contribution in [0.3, 0.4) is 0 Å². The number of halogens is 1. The summed E-state index contributed by atoms with van der Waals surface area (Å²) >= 11 is 1.77. The average Bonchev–Trinajstić information content (AvgIpc) is 2.87. The molecule has 2 N–H and O–H groups in total. The fraction of sp³-hybridized carbons (Fsp3) is 0.765. The number of hydrogen-bond donors (Lipinski definition) is 2. The number of rotatable bonds is 7. The molecule has 0 aliphatic carbocycles. The molecule has 0 spiro atoms. The number of aromatic nitrogens is 1. The second-order valence-electron chi connectivity index (χ2n) is 6.39. The number of aliphatic imine (C=N–C) groups is 1. The van der Waals surface area contributed by atoms with Gasteiger partial charge in [0.25, 0.3) is 0 Å². The first-order valence-electron chi connectivity index (χ1n) is 8.94. The Kier molecular flexibility index (Phi) is 11.6. The summed E-state index contributed by atoms with van der Waals surface area (Å²) in [4.78, 5) is 14.9. The van der Waals surface area contributed by atoms with Crippen molar-refractivity contribution >= 4 is 41.3 Å². The van der Waals surface area contributed by atoms with Crippen molar-refractivity contribution in [2.24, 2.45) is 4.99 Å². The van der Waals surface area contributed by atoms with Crippen LogP contribution in [0.5, 0.6) is 0 Å². The van der Waals surface area contributed by atoms with Gasteiger partial charge < -0.3 is 20.4 Å². The zero-order valence-corrected chi connectivity index (χ0v) is 18.9. The van der Waals surface area contributed by atoms with Gasteiger partial charge in [-0.3, -0.25) is 4.99 Å². The molecule has 0 radical (unpaired) electrons. The number of nitrogens with one attached hydrogen (secondary N) is 2. The van der Waals surface area contributed by atoms with Crippen molar-refractivity contribution in [3.63, 3.8) is 0 Å². The minimum atomic E-state index is 0. The van der Waals surface area contributed by atoms with Crippen LogP contribution in [0.4, 0.5) is 0 Å². The van der Waals surface area contributed by atoms with Gasteiger partial charge in [0.15, 0.2) is 5.96 Å². The van der Waals surface area contributed by atoms with Crippen LogP contribution in [0.25, 0.3) is 0 Å². The van der Waals surface area contributed by atoms with Gasteiger partial charge in [0.05, 0.1) is 5.01 Å². The van der Waals surface area contributed by atoms with Gasteiger partial charge in [0.2, 0.25) is 0 Å². The number of likely N-dealkylation sites (N-methyl/N-ethyl adjacent to an activating group) is 1. The molecule has 2 heterocycles. The summed E-state index contributed by atoms with van der Waals surface area (Å²) in [6, 6.07) is 0. The van der Waals surface area contributed by atoms with Gasteiger partial charge in [-0.15, -0.1) is 35.3 Å². The van der Waals surface area contributed by atoms with E-state index in [0.29, 0.717) is 0 Å². The maximum atomic E-state index is 4.39. The van der Waals surface area contributed by atoms with Crippen LogP contribution in [-0.2, 0) is 6.42 Å². The van der Waals surface area contributed by atoms with Crippen LogP contribution in [0.1, 0.15) is 22.7 Å². The number of guanidine groups is 1. The molecule has 2 rings (SSSR count). The molecule has 1 saturated heterocycles. The topological polar surface area (TPSA) is 55.8 Å². The molecule has 0 bridgehead atoms. The molecule has 1 fully saturated rings. The van der Waals surface area contributed by atoms with Gasteiger partial charge in [-0.1, -0.05) is 0 Å². The van der Waals surface area contributed by atoms with Gasteiger partial charge in [-0.05, 0) is 46.4 Å². The van der Waals surface area contributed by atoms with E-state index < -0.39 is 0 Å². The van der Waals surface area contributed by atoms with Gasteiger partial charge in [0, 0.05) is 50.7 Å². The zero-order valence-electron chi connectivity index (χ0n) is 15.8. The third-order valence-corrected chi connectivity index (χ3v) is 5.25. The monoisotopic (exact) mass is 480 g/mol. The lowest BCUT2D eigenvalue weighted by molar-refractivity contribution is 0.274. The summed E-state index contributed by atoms with van der Waals surface area (Å²) in [6.07, 6.45) is 5.31. The minimum absolute atomic E-state index is 0. The second kappa shape index (κ2) is 12.8. The Morgan fingerprint density at radius 1 is 1.24 bits per heavy atom. The van der Waals surface area contributed by atoms with Crippen molar-refractivity contribution in [3.8, 4) is 0 Å². The van der Waals surface area contributed by atoms with Gasteiger partial charge in [-0.2, -0.15) is 0 Å². The third-order valence-electron chi connectivity index (χ3n) is 4.28. The normalized spacial score (nSPS) is 17.0. The largest absolute Gasteiger partial charge is 0.356 e. The van der Waals surface area contributed by atoms with E-state index >= 15 is 0 Å². The third kappa shape index (κ3) is 9.16. The Balaban J connectivity index is 0.00000312. The van der Waals surface area contributed by atoms with Crippen LogP contribution in [0.2, 0.25) is 0 Å². The van der Waals surface area contributed by atoms with Crippen LogP contribution in [0, 0.1) is 6.92 Å². The summed E-state index contributed by atoms with van der Waals surface area (Å²) in [5.41, 5.74) is 0.